The van der Waals surface area contributed by atoms with Gasteiger partial charge in [-0.1, -0.05) is 5.25 Å². The zero-order valence-electron chi connectivity index (χ0n) is 10.3. The van der Waals surface area contributed by atoms with Gasteiger partial charge >= 0.3 is 18.9 Å². The van der Waals surface area contributed by atoms with Crippen LogP contribution in [0, 0.1) is 12.3 Å². The standard InChI is InChI=1S/C11H14N2O3S.Li/c1-2-3-5-12-9(14)4-6-13-10(15)7-8(17)11(13)16;/h1,8,17H,3-7H2,(H,12,14);/q;+1/p-1. The first-order chi connectivity index (χ1) is 8.06. The largest absolute Gasteiger partial charge is 1.00 e. The molecule has 0 aromatic carbocycles. The van der Waals surface area contributed by atoms with Crippen molar-refractivity contribution in [1.82, 2.24) is 10.2 Å². The van der Waals surface area contributed by atoms with E-state index < -0.39 is 5.25 Å². The van der Waals surface area contributed by atoms with Gasteiger partial charge in [-0.3, -0.25) is 19.3 Å². The van der Waals surface area contributed by atoms with Crippen molar-refractivity contribution in [3.05, 3.63) is 0 Å². The molecule has 0 radical (unpaired) electrons. The van der Waals surface area contributed by atoms with Crippen LogP contribution in [0.3, 0.4) is 0 Å². The molecule has 0 bridgehead atoms. The van der Waals surface area contributed by atoms with E-state index >= 15 is 0 Å². The number of terminal acetylenes is 1. The monoisotopic (exact) mass is 260 g/mol. The summed E-state index contributed by atoms with van der Waals surface area (Å²) in [5.74, 6) is 1.49. The van der Waals surface area contributed by atoms with E-state index in [1.54, 1.807) is 0 Å². The first kappa shape index (κ1) is 17.1. The molecule has 18 heavy (non-hydrogen) atoms. The van der Waals surface area contributed by atoms with Gasteiger partial charge in [0.2, 0.25) is 17.7 Å². The number of imide groups is 1. The molecule has 0 saturated carbocycles. The molecule has 1 aliphatic heterocycles. The van der Waals surface area contributed by atoms with E-state index in [-0.39, 0.29) is 56.0 Å². The molecule has 1 rings (SSSR count). The van der Waals surface area contributed by atoms with Crippen LogP contribution in [0.15, 0.2) is 0 Å². The van der Waals surface area contributed by atoms with Crippen LogP contribution in [-0.4, -0.2) is 41.0 Å². The van der Waals surface area contributed by atoms with Gasteiger partial charge in [-0.25, -0.2) is 0 Å². The van der Waals surface area contributed by atoms with E-state index in [0.29, 0.717) is 13.0 Å². The first-order valence-corrected chi connectivity index (χ1v) is 5.73. The first-order valence-electron chi connectivity index (χ1n) is 5.26. The Bertz CT molecular complexity index is 381. The third-order valence-electron chi connectivity index (χ3n) is 2.36. The van der Waals surface area contributed by atoms with E-state index in [4.69, 9.17) is 19.1 Å². The molecular weight excluding hydrogens is 247 g/mol. The number of nitrogens with one attached hydrogen (secondary N) is 1. The average molecular weight is 260 g/mol. The van der Waals surface area contributed by atoms with Crippen LogP contribution in [0.5, 0.6) is 0 Å². The normalized spacial score (nSPS) is 18.2. The summed E-state index contributed by atoms with van der Waals surface area (Å²) in [7, 11) is 0. The Morgan fingerprint density at radius 1 is 1.56 bits per heavy atom. The summed E-state index contributed by atoms with van der Waals surface area (Å²) in [4.78, 5) is 35.1. The molecule has 0 aliphatic carbocycles. The third-order valence-corrected chi connectivity index (χ3v) is 2.72. The second-order valence-corrected chi connectivity index (χ2v) is 4.20. The molecule has 1 saturated heterocycles. The van der Waals surface area contributed by atoms with Crippen LogP contribution in [0.1, 0.15) is 19.3 Å². The molecule has 92 valence electrons. The van der Waals surface area contributed by atoms with Crippen LogP contribution in [0.4, 0.5) is 0 Å². The molecule has 0 aromatic heterocycles. The summed E-state index contributed by atoms with van der Waals surface area (Å²) < 4.78 is 0. The zero-order valence-corrected chi connectivity index (χ0v) is 11.1. The van der Waals surface area contributed by atoms with Crippen LogP contribution in [0.2, 0.25) is 0 Å². The van der Waals surface area contributed by atoms with Crippen molar-refractivity contribution >= 4 is 30.4 Å². The number of amides is 3. The van der Waals surface area contributed by atoms with Crippen LogP contribution in [-0.2, 0) is 27.0 Å². The number of hydrogen-bond donors (Lipinski definition) is 1. The Morgan fingerprint density at radius 3 is 2.72 bits per heavy atom. The molecule has 1 atom stereocenters. The summed E-state index contributed by atoms with van der Waals surface area (Å²) >= 11 is 4.81. The van der Waals surface area contributed by atoms with Gasteiger partial charge in [-0.2, -0.15) is 0 Å². The van der Waals surface area contributed by atoms with Gasteiger partial charge in [-0.15, -0.1) is 12.3 Å². The van der Waals surface area contributed by atoms with Gasteiger partial charge < -0.3 is 17.9 Å². The minimum atomic E-state index is -0.674. The second kappa shape index (κ2) is 8.26. The maximum atomic E-state index is 11.4. The van der Waals surface area contributed by atoms with Gasteiger partial charge in [0.1, 0.15) is 0 Å². The smallest absolute Gasteiger partial charge is 0.779 e. The fourth-order valence-corrected chi connectivity index (χ4v) is 1.73. The van der Waals surface area contributed by atoms with Crippen LogP contribution in [0.25, 0.3) is 0 Å². The molecule has 1 fully saturated rings. The molecule has 0 spiro atoms. The van der Waals surface area contributed by atoms with E-state index in [1.807, 2.05) is 0 Å². The minimum absolute atomic E-state index is 0. The molecular formula is C11H13LiN2O3S. The molecule has 7 heteroatoms. The van der Waals surface area contributed by atoms with Crippen molar-refractivity contribution in [2.45, 2.75) is 24.5 Å². The van der Waals surface area contributed by atoms with Crippen LogP contribution < -0.4 is 24.2 Å². The van der Waals surface area contributed by atoms with Crippen molar-refractivity contribution in [3.63, 3.8) is 0 Å². The van der Waals surface area contributed by atoms with Gasteiger partial charge in [0.25, 0.3) is 0 Å². The summed E-state index contributed by atoms with van der Waals surface area (Å²) in [6, 6.07) is 0. The number of carbonyl (C=O) groups is 3. The molecule has 1 N–H and O–H groups in total. The number of hydrogen-bond acceptors (Lipinski definition) is 4. The van der Waals surface area contributed by atoms with Crippen molar-refractivity contribution in [3.8, 4) is 12.3 Å². The zero-order chi connectivity index (χ0) is 12.8. The van der Waals surface area contributed by atoms with Gasteiger partial charge in [0.05, 0.1) is 0 Å². The Hall–Kier alpha value is -0.883. The average Bonchev–Trinajstić information content (AvgIpc) is 2.51. The number of carbonyl (C=O) groups excluding carboxylic acids is 3. The Morgan fingerprint density at radius 2 is 2.22 bits per heavy atom. The fourth-order valence-electron chi connectivity index (χ4n) is 1.46. The second-order valence-electron chi connectivity index (χ2n) is 3.63. The molecule has 1 heterocycles. The Labute approximate surface area is 124 Å². The number of nitrogens with zero attached hydrogens (tertiary/aromatic N) is 1. The summed E-state index contributed by atoms with van der Waals surface area (Å²) in [5, 5.41) is 1.92. The Kier molecular flexibility index (Phi) is 7.85. The minimum Gasteiger partial charge on any atom is -0.779 e. The predicted molar refractivity (Wildman–Crippen MR) is 63.6 cm³/mol. The quantitative estimate of drug-likeness (QED) is 0.181. The van der Waals surface area contributed by atoms with Crippen molar-refractivity contribution < 1.29 is 33.2 Å². The number of rotatable bonds is 5. The predicted octanol–water partition coefficient (Wildman–Crippen LogP) is -3.81. The van der Waals surface area contributed by atoms with Crippen molar-refractivity contribution in [2.75, 3.05) is 13.1 Å². The van der Waals surface area contributed by atoms with Gasteiger partial charge in [-0.05, 0) is 0 Å². The third kappa shape index (κ3) is 4.78. The summed E-state index contributed by atoms with van der Waals surface area (Å²) in [6.07, 6.45) is 5.64. The Balaban J connectivity index is 0.00000289. The van der Waals surface area contributed by atoms with E-state index in [2.05, 4.69) is 11.2 Å². The van der Waals surface area contributed by atoms with E-state index in [0.717, 1.165) is 4.90 Å². The van der Waals surface area contributed by atoms with Crippen molar-refractivity contribution in [2.24, 2.45) is 0 Å². The fraction of sp³-hybridized carbons (Fsp3) is 0.545. The molecule has 0 aromatic rings. The van der Waals surface area contributed by atoms with E-state index in [9.17, 15) is 14.4 Å². The summed E-state index contributed by atoms with van der Waals surface area (Å²) in [6.45, 7) is 0.494. The number of likely N-dealkylation sites (tertiary alicyclic amines) is 1. The summed E-state index contributed by atoms with van der Waals surface area (Å²) in [5.41, 5.74) is 0. The van der Waals surface area contributed by atoms with Crippen molar-refractivity contribution in [1.29, 1.82) is 0 Å². The van der Waals surface area contributed by atoms with Gasteiger partial charge in [0.15, 0.2) is 0 Å². The maximum Gasteiger partial charge on any atom is 1.00 e. The molecule has 5 nitrogen and oxygen atoms in total. The van der Waals surface area contributed by atoms with Crippen LogP contribution >= 0.6 is 0 Å². The van der Waals surface area contributed by atoms with E-state index in [1.165, 1.54) is 0 Å². The molecule has 3 amide bonds. The SMILES string of the molecule is C#CCCNC(=O)CCN1C(=O)CC([S-])C1=O.[Li+]. The molecule has 1 unspecified atom stereocenters. The maximum absolute atomic E-state index is 11.4. The molecule has 1 aliphatic rings. The topological polar surface area (TPSA) is 66.5 Å². The van der Waals surface area contributed by atoms with Gasteiger partial charge in [0, 0.05) is 32.4 Å².